The lowest BCUT2D eigenvalue weighted by Crippen LogP contribution is -2.06. The van der Waals surface area contributed by atoms with Crippen molar-refractivity contribution in [1.29, 1.82) is 0 Å². The number of anilines is 1. The van der Waals surface area contributed by atoms with Crippen LogP contribution in [0.15, 0.2) is 12.4 Å². The molecule has 0 saturated heterocycles. The Morgan fingerprint density at radius 1 is 1.39 bits per heavy atom. The molecule has 2 aromatic rings. The van der Waals surface area contributed by atoms with Gasteiger partial charge in [0.2, 0.25) is 11.2 Å². The highest BCUT2D eigenvalue weighted by Crippen LogP contribution is 2.18. The highest BCUT2D eigenvalue weighted by molar-refractivity contribution is 6.28. The van der Waals surface area contributed by atoms with Gasteiger partial charge in [-0.05, 0) is 18.0 Å². The summed E-state index contributed by atoms with van der Waals surface area (Å²) in [5, 5.41) is 7.08. The third kappa shape index (κ3) is 3.30. The molecule has 1 N–H and O–H groups in total. The van der Waals surface area contributed by atoms with Gasteiger partial charge in [-0.2, -0.15) is 20.1 Å². The normalized spacial score (nSPS) is 10.4. The first kappa shape index (κ1) is 12.6. The van der Waals surface area contributed by atoms with Gasteiger partial charge in [-0.3, -0.25) is 4.68 Å². The minimum atomic E-state index is 0.0856. The van der Waals surface area contributed by atoms with Crippen molar-refractivity contribution in [3.63, 3.8) is 0 Å². The molecule has 0 aliphatic carbocycles. The molecular formula is C10H13ClN6O. The summed E-state index contributed by atoms with van der Waals surface area (Å²) in [5.74, 6) is 0.942. The van der Waals surface area contributed by atoms with Crippen molar-refractivity contribution in [2.75, 3.05) is 11.9 Å². The van der Waals surface area contributed by atoms with Crippen molar-refractivity contribution < 1.29 is 4.74 Å². The van der Waals surface area contributed by atoms with Crippen molar-refractivity contribution in [3.05, 3.63) is 17.7 Å². The molecular weight excluding hydrogens is 256 g/mol. The Labute approximate surface area is 109 Å². The maximum Gasteiger partial charge on any atom is 0.328 e. The summed E-state index contributed by atoms with van der Waals surface area (Å²) < 4.78 is 7.05. The average Bonchev–Trinajstić information content (AvgIpc) is 2.71. The van der Waals surface area contributed by atoms with E-state index in [9.17, 15) is 0 Å². The molecule has 0 fully saturated rings. The first-order chi connectivity index (χ1) is 8.67. The molecule has 2 aromatic heterocycles. The van der Waals surface area contributed by atoms with Crippen molar-refractivity contribution in [1.82, 2.24) is 24.7 Å². The molecule has 0 aromatic carbocycles. The van der Waals surface area contributed by atoms with E-state index in [0.29, 0.717) is 11.7 Å². The summed E-state index contributed by atoms with van der Waals surface area (Å²) in [6.45, 7) is 2.80. The highest BCUT2D eigenvalue weighted by atomic mass is 35.5. The monoisotopic (exact) mass is 268 g/mol. The topological polar surface area (TPSA) is 77.8 Å². The fourth-order valence-corrected chi connectivity index (χ4v) is 1.40. The first-order valence-electron chi connectivity index (χ1n) is 5.49. The molecule has 0 aliphatic heterocycles. The molecule has 0 bridgehead atoms. The van der Waals surface area contributed by atoms with Crippen LogP contribution in [-0.4, -0.2) is 31.3 Å². The van der Waals surface area contributed by atoms with Crippen LogP contribution in [0.25, 0.3) is 0 Å². The molecule has 2 heterocycles. The fourth-order valence-electron chi connectivity index (χ4n) is 1.25. The molecule has 7 nitrogen and oxygen atoms in total. The van der Waals surface area contributed by atoms with Gasteiger partial charge >= 0.3 is 6.01 Å². The summed E-state index contributed by atoms with van der Waals surface area (Å²) in [6.07, 6.45) is 4.23. The number of ether oxygens (including phenoxy) is 1. The van der Waals surface area contributed by atoms with Crippen LogP contribution >= 0.6 is 11.6 Å². The molecule has 0 radical (unpaired) electrons. The van der Waals surface area contributed by atoms with Gasteiger partial charge in [0.15, 0.2) is 5.75 Å². The van der Waals surface area contributed by atoms with E-state index in [0.717, 1.165) is 13.0 Å². The maximum atomic E-state index is 5.80. The maximum absolute atomic E-state index is 5.80. The Balaban J connectivity index is 2.14. The molecule has 0 atom stereocenters. The van der Waals surface area contributed by atoms with E-state index >= 15 is 0 Å². The van der Waals surface area contributed by atoms with Gasteiger partial charge in [0.25, 0.3) is 0 Å². The number of aromatic nitrogens is 5. The second kappa shape index (κ2) is 5.63. The van der Waals surface area contributed by atoms with Crippen molar-refractivity contribution in [3.8, 4) is 11.8 Å². The Bertz CT molecular complexity index is 529. The van der Waals surface area contributed by atoms with E-state index in [1.165, 1.54) is 0 Å². The van der Waals surface area contributed by atoms with Crippen LogP contribution in [0.3, 0.4) is 0 Å². The number of hydrogen-bond donors (Lipinski definition) is 1. The number of aryl methyl sites for hydroxylation is 1. The van der Waals surface area contributed by atoms with Gasteiger partial charge in [-0.15, -0.1) is 0 Å². The number of nitrogens with one attached hydrogen (secondary N) is 1. The first-order valence-corrected chi connectivity index (χ1v) is 5.87. The Kier molecular flexibility index (Phi) is 3.93. The van der Waals surface area contributed by atoms with Gasteiger partial charge in [0, 0.05) is 13.6 Å². The van der Waals surface area contributed by atoms with E-state index in [-0.39, 0.29) is 11.3 Å². The predicted molar refractivity (Wildman–Crippen MR) is 66.9 cm³/mol. The third-order valence-electron chi connectivity index (χ3n) is 2.01. The highest BCUT2D eigenvalue weighted by Gasteiger charge is 2.07. The van der Waals surface area contributed by atoms with Gasteiger partial charge in [0.05, 0.1) is 12.4 Å². The molecule has 2 rings (SSSR count). The quantitative estimate of drug-likeness (QED) is 0.892. The van der Waals surface area contributed by atoms with Crippen LogP contribution in [0, 0.1) is 0 Å². The summed E-state index contributed by atoms with van der Waals surface area (Å²) >= 11 is 5.80. The zero-order chi connectivity index (χ0) is 13.0. The lowest BCUT2D eigenvalue weighted by atomic mass is 10.5. The van der Waals surface area contributed by atoms with E-state index in [1.807, 2.05) is 6.92 Å². The predicted octanol–water partition coefficient (Wildman–Crippen LogP) is 1.87. The van der Waals surface area contributed by atoms with Crippen molar-refractivity contribution >= 4 is 17.5 Å². The molecule has 0 unspecified atom stereocenters. The largest absolute Gasteiger partial charge is 0.421 e. The van der Waals surface area contributed by atoms with E-state index < -0.39 is 0 Å². The lowest BCUT2D eigenvalue weighted by Gasteiger charge is -2.05. The standard InChI is InChI=1S/C10H13ClN6O/c1-3-4-12-9-14-8(11)15-10(16-9)18-7-5-13-17(2)6-7/h5-6H,3-4H2,1-2H3,(H,12,14,15,16). The van der Waals surface area contributed by atoms with Gasteiger partial charge in [-0.1, -0.05) is 6.92 Å². The summed E-state index contributed by atoms with van der Waals surface area (Å²) in [5.41, 5.74) is 0. The van der Waals surface area contributed by atoms with E-state index in [4.69, 9.17) is 16.3 Å². The SMILES string of the molecule is CCCNc1nc(Cl)nc(Oc2cnn(C)c2)n1. The second-order valence-corrected chi connectivity index (χ2v) is 3.93. The Morgan fingerprint density at radius 3 is 2.89 bits per heavy atom. The van der Waals surface area contributed by atoms with Gasteiger partial charge in [-0.25, -0.2) is 0 Å². The van der Waals surface area contributed by atoms with Crippen LogP contribution in [0.5, 0.6) is 11.8 Å². The molecule has 0 amide bonds. The molecule has 18 heavy (non-hydrogen) atoms. The average molecular weight is 269 g/mol. The lowest BCUT2D eigenvalue weighted by molar-refractivity contribution is 0.440. The minimum absolute atomic E-state index is 0.0856. The van der Waals surface area contributed by atoms with Crippen LogP contribution in [0.1, 0.15) is 13.3 Å². The van der Waals surface area contributed by atoms with Crippen LogP contribution < -0.4 is 10.1 Å². The van der Waals surface area contributed by atoms with Gasteiger partial charge < -0.3 is 10.1 Å². The Morgan fingerprint density at radius 2 is 2.22 bits per heavy atom. The zero-order valence-electron chi connectivity index (χ0n) is 10.1. The summed E-state index contributed by atoms with van der Waals surface area (Å²) in [7, 11) is 1.79. The van der Waals surface area contributed by atoms with Gasteiger partial charge in [0.1, 0.15) is 0 Å². The zero-order valence-corrected chi connectivity index (χ0v) is 10.8. The minimum Gasteiger partial charge on any atom is -0.421 e. The number of hydrogen-bond acceptors (Lipinski definition) is 6. The number of nitrogens with zero attached hydrogens (tertiary/aromatic N) is 5. The van der Waals surface area contributed by atoms with Crippen molar-refractivity contribution in [2.24, 2.45) is 7.05 Å². The number of rotatable bonds is 5. The molecule has 8 heteroatoms. The molecule has 0 saturated carbocycles. The van der Waals surface area contributed by atoms with E-state index in [2.05, 4.69) is 25.4 Å². The van der Waals surface area contributed by atoms with Crippen molar-refractivity contribution in [2.45, 2.75) is 13.3 Å². The summed E-state index contributed by atoms with van der Waals surface area (Å²) in [6, 6.07) is 0.140. The van der Waals surface area contributed by atoms with E-state index in [1.54, 1.807) is 24.1 Å². The Hall–Kier alpha value is -1.89. The van der Waals surface area contributed by atoms with Crippen LogP contribution in [0.4, 0.5) is 5.95 Å². The fraction of sp³-hybridized carbons (Fsp3) is 0.400. The molecule has 0 spiro atoms. The smallest absolute Gasteiger partial charge is 0.328 e. The third-order valence-corrected chi connectivity index (χ3v) is 2.18. The van der Waals surface area contributed by atoms with Crippen LogP contribution in [0.2, 0.25) is 5.28 Å². The number of halogens is 1. The molecule has 96 valence electrons. The second-order valence-electron chi connectivity index (χ2n) is 3.59. The molecule has 0 aliphatic rings. The summed E-state index contributed by atoms with van der Waals surface area (Å²) in [4.78, 5) is 11.9. The van der Waals surface area contributed by atoms with Crippen LogP contribution in [-0.2, 0) is 7.05 Å².